The molecule has 2 unspecified atom stereocenters. The van der Waals surface area contributed by atoms with Gasteiger partial charge in [0.25, 0.3) is 0 Å². The molecule has 0 radical (unpaired) electrons. The Morgan fingerprint density at radius 2 is 1.82 bits per heavy atom. The number of carbonyl (C=O) groups is 1. The number of carboxylic acid groups (broad SMARTS) is 1. The van der Waals surface area contributed by atoms with Gasteiger partial charge >= 0.3 is 5.97 Å². The van der Waals surface area contributed by atoms with Crippen LogP contribution in [0.5, 0.6) is 0 Å². The van der Waals surface area contributed by atoms with Crippen molar-refractivity contribution >= 4 is 5.97 Å². The third-order valence-corrected chi connectivity index (χ3v) is 2.26. The molecule has 0 saturated heterocycles. The summed E-state index contributed by atoms with van der Waals surface area (Å²) in [6.45, 7) is 7.96. The standard InChI is InChI=1S/C9H18O2/c1-5-7(4)8(6(2)3)9(10)11/h6-8H,5H2,1-4H3,(H,10,11). The van der Waals surface area contributed by atoms with Crippen LogP contribution in [0.4, 0.5) is 0 Å². The van der Waals surface area contributed by atoms with Gasteiger partial charge in [0.05, 0.1) is 5.92 Å². The first-order valence-electron chi connectivity index (χ1n) is 4.23. The van der Waals surface area contributed by atoms with Gasteiger partial charge in [-0.25, -0.2) is 0 Å². The van der Waals surface area contributed by atoms with Crippen molar-refractivity contribution in [3.63, 3.8) is 0 Å². The van der Waals surface area contributed by atoms with E-state index in [-0.39, 0.29) is 17.8 Å². The monoisotopic (exact) mass is 158 g/mol. The number of carboxylic acids is 1. The molecule has 2 heteroatoms. The molecule has 0 aromatic rings. The molecule has 0 fully saturated rings. The molecule has 2 atom stereocenters. The summed E-state index contributed by atoms with van der Waals surface area (Å²) in [5, 5.41) is 8.85. The average molecular weight is 158 g/mol. The van der Waals surface area contributed by atoms with E-state index in [1.54, 1.807) is 0 Å². The highest BCUT2D eigenvalue weighted by molar-refractivity contribution is 5.70. The van der Waals surface area contributed by atoms with Gasteiger partial charge in [-0.15, -0.1) is 0 Å². The Bertz CT molecular complexity index is 130. The Morgan fingerprint density at radius 1 is 1.36 bits per heavy atom. The van der Waals surface area contributed by atoms with Crippen LogP contribution in [0.25, 0.3) is 0 Å². The maximum Gasteiger partial charge on any atom is 0.307 e. The van der Waals surface area contributed by atoms with Crippen LogP contribution in [0.1, 0.15) is 34.1 Å². The minimum atomic E-state index is -0.658. The van der Waals surface area contributed by atoms with Crippen molar-refractivity contribution in [2.24, 2.45) is 17.8 Å². The molecule has 2 nitrogen and oxygen atoms in total. The van der Waals surface area contributed by atoms with E-state index in [1.807, 2.05) is 27.7 Å². The Kier molecular flexibility index (Phi) is 4.16. The van der Waals surface area contributed by atoms with E-state index in [2.05, 4.69) is 0 Å². The maximum absolute atomic E-state index is 10.7. The Balaban J connectivity index is 4.21. The molecule has 11 heavy (non-hydrogen) atoms. The number of hydrogen-bond donors (Lipinski definition) is 1. The predicted molar refractivity (Wildman–Crippen MR) is 45.4 cm³/mol. The van der Waals surface area contributed by atoms with Gasteiger partial charge in [-0.1, -0.05) is 34.1 Å². The van der Waals surface area contributed by atoms with Gasteiger partial charge in [-0.2, -0.15) is 0 Å². The highest BCUT2D eigenvalue weighted by Gasteiger charge is 2.26. The third-order valence-electron chi connectivity index (χ3n) is 2.26. The van der Waals surface area contributed by atoms with Crippen LogP contribution < -0.4 is 0 Å². The van der Waals surface area contributed by atoms with Crippen molar-refractivity contribution in [2.45, 2.75) is 34.1 Å². The molecule has 0 spiro atoms. The van der Waals surface area contributed by atoms with Crippen molar-refractivity contribution < 1.29 is 9.90 Å². The maximum atomic E-state index is 10.7. The minimum absolute atomic E-state index is 0.181. The quantitative estimate of drug-likeness (QED) is 0.682. The highest BCUT2D eigenvalue weighted by Crippen LogP contribution is 2.23. The Morgan fingerprint density at radius 3 is 1.91 bits per heavy atom. The summed E-state index contributed by atoms with van der Waals surface area (Å²) in [5.41, 5.74) is 0. The van der Waals surface area contributed by atoms with Crippen LogP contribution >= 0.6 is 0 Å². The van der Waals surface area contributed by atoms with Crippen LogP contribution in [0.2, 0.25) is 0 Å². The summed E-state index contributed by atoms with van der Waals surface area (Å²) in [5.74, 6) is -0.315. The minimum Gasteiger partial charge on any atom is -0.481 e. The first-order chi connectivity index (χ1) is 5.00. The van der Waals surface area contributed by atoms with Crippen molar-refractivity contribution in [2.75, 3.05) is 0 Å². The second kappa shape index (κ2) is 4.37. The zero-order valence-corrected chi connectivity index (χ0v) is 7.79. The predicted octanol–water partition coefficient (Wildman–Crippen LogP) is 2.39. The second-order valence-electron chi connectivity index (χ2n) is 3.49. The van der Waals surface area contributed by atoms with E-state index in [9.17, 15) is 4.79 Å². The summed E-state index contributed by atoms with van der Waals surface area (Å²) in [4.78, 5) is 10.7. The molecule has 0 amide bonds. The summed E-state index contributed by atoms with van der Waals surface area (Å²) >= 11 is 0. The van der Waals surface area contributed by atoms with Gasteiger partial charge in [0.15, 0.2) is 0 Å². The summed E-state index contributed by atoms with van der Waals surface area (Å²) < 4.78 is 0. The zero-order chi connectivity index (χ0) is 9.02. The van der Waals surface area contributed by atoms with E-state index in [1.165, 1.54) is 0 Å². The lowest BCUT2D eigenvalue weighted by Crippen LogP contribution is -2.26. The molecule has 0 saturated carbocycles. The first-order valence-corrected chi connectivity index (χ1v) is 4.23. The third kappa shape index (κ3) is 2.91. The lowest BCUT2D eigenvalue weighted by atomic mass is 9.83. The van der Waals surface area contributed by atoms with Crippen LogP contribution in [0.3, 0.4) is 0 Å². The Hall–Kier alpha value is -0.530. The molecule has 0 aliphatic carbocycles. The molecule has 0 aromatic carbocycles. The van der Waals surface area contributed by atoms with E-state index < -0.39 is 5.97 Å². The van der Waals surface area contributed by atoms with Crippen LogP contribution in [-0.4, -0.2) is 11.1 Å². The fourth-order valence-corrected chi connectivity index (χ4v) is 1.44. The fraction of sp³-hybridized carbons (Fsp3) is 0.889. The van der Waals surface area contributed by atoms with Crippen molar-refractivity contribution in [1.82, 2.24) is 0 Å². The lowest BCUT2D eigenvalue weighted by Gasteiger charge is -2.21. The van der Waals surface area contributed by atoms with Gasteiger partial charge in [0.2, 0.25) is 0 Å². The second-order valence-corrected chi connectivity index (χ2v) is 3.49. The van der Waals surface area contributed by atoms with Gasteiger partial charge < -0.3 is 5.11 Å². The van der Waals surface area contributed by atoms with Crippen molar-refractivity contribution in [3.05, 3.63) is 0 Å². The highest BCUT2D eigenvalue weighted by atomic mass is 16.4. The molecule has 0 heterocycles. The first kappa shape index (κ1) is 10.5. The topological polar surface area (TPSA) is 37.3 Å². The van der Waals surface area contributed by atoms with E-state index in [4.69, 9.17) is 5.11 Å². The fourth-order valence-electron chi connectivity index (χ4n) is 1.44. The van der Waals surface area contributed by atoms with Crippen LogP contribution in [-0.2, 0) is 4.79 Å². The lowest BCUT2D eigenvalue weighted by molar-refractivity contribution is -0.145. The summed E-state index contributed by atoms with van der Waals surface area (Å²) in [6, 6.07) is 0. The van der Waals surface area contributed by atoms with E-state index in [0.29, 0.717) is 0 Å². The van der Waals surface area contributed by atoms with Crippen molar-refractivity contribution in [3.8, 4) is 0 Å². The molecule has 1 N–H and O–H groups in total. The molecule has 0 bridgehead atoms. The smallest absolute Gasteiger partial charge is 0.307 e. The molecule has 0 aliphatic heterocycles. The SMILES string of the molecule is CCC(C)C(C(=O)O)C(C)C. The van der Waals surface area contributed by atoms with Crippen LogP contribution in [0.15, 0.2) is 0 Å². The van der Waals surface area contributed by atoms with E-state index in [0.717, 1.165) is 6.42 Å². The van der Waals surface area contributed by atoms with Gasteiger partial charge in [0, 0.05) is 0 Å². The summed E-state index contributed by atoms with van der Waals surface area (Å²) in [6.07, 6.45) is 0.940. The molecular weight excluding hydrogens is 140 g/mol. The van der Waals surface area contributed by atoms with E-state index >= 15 is 0 Å². The Labute approximate surface area is 68.6 Å². The average Bonchev–Trinajstić information content (AvgIpc) is 1.85. The largest absolute Gasteiger partial charge is 0.481 e. The normalized spacial score (nSPS) is 16.5. The van der Waals surface area contributed by atoms with Crippen molar-refractivity contribution in [1.29, 1.82) is 0 Å². The molecular formula is C9H18O2. The van der Waals surface area contributed by atoms with Crippen LogP contribution in [0, 0.1) is 17.8 Å². The molecule has 0 aromatic heterocycles. The number of aliphatic carboxylic acids is 1. The van der Waals surface area contributed by atoms with Gasteiger partial charge in [-0.05, 0) is 11.8 Å². The number of rotatable bonds is 4. The van der Waals surface area contributed by atoms with Gasteiger partial charge in [0.1, 0.15) is 0 Å². The summed E-state index contributed by atoms with van der Waals surface area (Å²) in [7, 11) is 0. The molecule has 0 aliphatic rings. The van der Waals surface area contributed by atoms with Gasteiger partial charge in [-0.3, -0.25) is 4.79 Å². The molecule has 66 valence electrons. The molecule has 0 rings (SSSR count). The number of hydrogen-bond acceptors (Lipinski definition) is 1. The zero-order valence-electron chi connectivity index (χ0n) is 7.79.